The van der Waals surface area contributed by atoms with Crippen molar-refractivity contribution in [3.63, 3.8) is 0 Å². The summed E-state index contributed by atoms with van der Waals surface area (Å²) in [5, 5.41) is 7.84. The van der Waals surface area contributed by atoms with Crippen LogP contribution in [-0.2, 0) is 16.6 Å². The van der Waals surface area contributed by atoms with Gasteiger partial charge in [-0.25, -0.2) is 13.6 Å². The fourth-order valence-electron chi connectivity index (χ4n) is 3.21. The van der Waals surface area contributed by atoms with Crippen LogP contribution in [0, 0.1) is 0 Å². The van der Waals surface area contributed by atoms with Crippen LogP contribution < -0.4 is 19.9 Å². The molecule has 0 heterocycles. The first kappa shape index (κ1) is 23.3. The maximum absolute atomic E-state index is 12.7. The number of nitrogens with two attached hydrogens (primary N) is 1. The molecule has 0 aromatic heterocycles. The number of para-hydroxylation sites is 1. The molecule has 0 atom stereocenters. The number of anilines is 1. The molecule has 3 N–H and O–H groups in total. The van der Waals surface area contributed by atoms with E-state index >= 15 is 0 Å². The van der Waals surface area contributed by atoms with E-state index in [1.165, 1.54) is 24.3 Å². The Morgan fingerprint density at radius 3 is 2.31 bits per heavy atom. The lowest BCUT2D eigenvalue weighted by Crippen LogP contribution is -2.14. The van der Waals surface area contributed by atoms with Crippen LogP contribution in [0.4, 0.5) is 5.69 Å². The maximum Gasteiger partial charge on any atom is 0.255 e. The molecule has 3 aromatic carbocycles. The molecular weight excluding hydrogens is 428 g/mol. The van der Waals surface area contributed by atoms with Crippen LogP contribution >= 0.6 is 0 Å². The Morgan fingerprint density at radius 1 is 1.00 bits per heavy atom. The van der Waals surface area contributed by atoms with Gasteiger partial charge in [-0.1, -0.05) is 32.0 Å². The minimum atomic E-state index is -3.79. The summed E-state index contributed by atoms with van der Waals surface area (Å²) in [6.07, 6.45) is 0. The van der Waals surface area contributed by atoms with Crippen LogP contribution in [0.25, 0.3) is 0 Å². The Labute approximate surface area is 188 Å². The number of carbonyl (C=O) groups excluding carboxylic acids is 1. The van der Waals surface area contributed by atoms with E-state index < -0.39 is 10.0 Å². The number of methoxy groups -OCH3 is 1. The van der Waals surface area contributed by atoms with Gasteiger partial charge >= 0.3 is 0 Å². The number of primary sulfonamides is 1. The van der Waals surface area contributed by atoms with Gasteiger partial charge in [0.25, 0.3) is 5.91 Å². The summed E-state index contributed by atoms with van der Waals surface area (Å²) in [5.41, 5.74) is 2.69. The topological polar surface area (TPSA) is 108 Å². The van der Waals surface area contributed by atoms with Crippen molar-refractivity contribution < 1.29 is 22.7 Å². The van der Waals surface area contributed by atoms with Crippen LogP contribution in [0.15, 0.2) is 71.6 Å². The van der Waals surface area contributed by atoms with Crippen molar-refractivity contribution in [2.45, 2.75) is 31.3 Å². The third kappa shape index (κ3) is 5.66. The molecule has 32 heavy (non-hydrogen) atoms. The number of amides is 1. The SMILES string of the molecule is COc1ccc(C(=O)Nc2ccc(S(N)(=O)=O)cc2)cc1COc1ccccc1C(C)C. The van der Waals surface area contributed by atoms with Crippen molar-refractivity contribution in [2.75, 3.05) is 12.4 Å². The second-order valence-corrected chi connectivity index (χ2v) is 9.09. The van der Waals surface area contributed by atoms with Gasteiger partial charge in [0.2, 0.25) is 10.0 Å². The van der Waals surface area contributed by atoms with Gasteiger partial charge in [-0.05, 0) is 60.0 Å². The number of carbonyl (C=O) groups is 1. The zero-order valence-corrected chi connectivity index (χ0v) is 19.0. The third-order valence-corrected chi connectivity index (χ3v) is 5.84. The highest BCUT2D eigenvalue weighted by molar-refractivity contribution is 7.89. The second kappa shape index (κ2) is 9.84. The molecule has 0 saturated heterocycles. The summed E-state index contributed by atoms with van der Waals surface area (Å²) < 4.78 is 34.2. The van der Waals surface area contributed by atoms with Gasteiger partial charge in [-0.15, -0.1) is 0 Å². The first-order chi connectivity index (χ1) is 15.2. The lowest BCUT2D eigenvalue weighted by Gasteiger charge is -2.16. The van der Waals surface area contributed by atoms with Crippen molar-refractivity contribution in [3.8, 4) is 11.5 Å². The van der Waals surface area contributed by atoms with E-state index in [0.717, 1.165) is 16.9 Å². The molecule has 0 bridgehead atoms. The van der Waals surface area contributed by atoms with Crippen LogP contribution in [0.3, 0.4) is 0 Å². The Kier molecular flexibility index (Phi) is 7.17. The second-order valence-electron chi connectivity index (χ2n) is 7.53. The summed E-state index contributed by atoms with van der Waals surface area (Å²) >= 11 is 0. The van der Waals surface area contributed by atoms with Crippen molar-refractivity contribution in [1.82, 2.24) is 0 Å². The third-order valence-electron chi connectivity index (χ3n) is 4.91. The van der Waals surface area contributed by atoms with Gasteiger partial charge in [-0.3, -0.25) is 4.79 Å². The Balaban J connectivity index is 1.77. The smallest absolute Gasteiger partial charge is 0.255 e. The fourth-order valence-corrected chi connectivity index (χ4v) is 3.72. The molecule has 0 unspecified atom stereocenters. The van der Waals surface area contributed by atoms with Crippen molar-refractivity contribution in [1.29, 1.82) is 0 Å². The quantitative estimate of drug-likeness (QED) is 0.528. The minimum absolute atomic E-state index is 0.0268. The Hall–Kier alpha value is -3.36. The molecule has 0 radical (unpaired) electrons. The Morgan fingerprint density at radius 2 is 1.69 bits per heavy atom. The molecule has 3 rings (SSSR count). The number of benzene rings is 3. The van der Waals surface area contributed by atoms with E-state index in [1.807, 2.05) is 24.3 Å². The lowest BCUT2D eigenvalue weighted by molar-refractivity contribution is 0.102. The van der Waals surface area contributed by atoms with Crippen molar-refractivity contribution in [2.24, 2.45) is 5.14 Å². The van der Waals surface area contributed by atoms with E-state index in [-0.39, 0.29) is 17.4 Å². The first-order valence-electron chi connectivity index (χ1n) is 10.0. The van der Waals surface area contributed by atoms with Crippen LogP contribution in [0.1, 0.15) is 41.3 Å². The van der Waals surface area contributed by atoms with E-state index in [4.69, 9.17) is 14.6 Å². The van der Waals surface area contributed by atoms with Gasteiger partial charge in [0.05, 0.1) is 12.0 Å². The van der Waals surface area contributed by atoms with E-state index in [0.29, 0.717) is 22.9 Å². The van der Waals surface area contributed by atoms with Crippen LogP contribution in [-0.4, -0.2) is 21.4 Å². The minimum Gasteiger partial charge on any atom is -0.496 e. The summed E-state index contributed by atoms with van der Waals surface area (Å²) in [5.74, 6) is 1.36. The summed E-state index contributed by atoms with van der Waals surface area (Å²) in [6.45, 7) is 4.43. The molecule has 0 aliphatic heterocycles. The lowest BCUT2D eigenvalue weighted by atomic mass is 10.0. The summed E-state index contributed by atoms with van der Waals surface area (Å²) in [6, 6.07) is 18.6. The first-order valence-corrected chi connectivity index (χ1v) is 11.6. The fraction of sp³-hybridized carbons (Fsp3) is 0.208. The average Bonchev–Trinajstić information content (AvgIpc) is 2.77. The van der Waals surface area contributed by atoms with Gasteiger partial charge in [0, 0.05) is 16.8 Å². The van der Waals surface area contributed by atoms with Crippen LogP contribution in [0.5, 0.6) is 11.5 Å². The van der Waals surface area contributed by atoms with Gasteiger partial charge in [0.1, 0.15) is 18.1 Å². The average molecular weight is 455 g/mol. The number of hydrogen-bond donors (Lipinski definition) is 2. The van der Waals surface area contributed by atoms with Gasteiger partial charge < -0.3 is 14.8 Å². The number of ether oxygens (including phenoxy) is 2. The highest BCUT2D eigenvalue weighted by atomic mass is 32.2. The van der Waals surface area contributed by atoms with Gasteiger partial charge in [0.15, 0.2) is 0 Å². The zero-order chi connectivity index (χ0) is 23.3. The zero-order valence-electron chi connectivity index (χ0n) is 18.2. The molecule has 0 aliphatic carbocycles. The molecular formula is C24H26N2O5S. The molecule has 8 heteroatoms. The highest BCUT2D eigenvalue weighted by Gasteiger charge is 2.14. The molecule has 0 fully saturated rings. The number of sulfonamides is 1. The molecule has 0 aliphatic rings. The molecule has 0 spiro atoms. The Bertz CT molecular complexity index is 1210. The van der Waals surface area contributed by atoms with Crippen LogP contribution in [0.2, 0.25) is 0 Å². The van der Waals surface area contributed by atoms with Crippen molar-refractivity contribution >= 4 is 21.6 Å². The van der Waals surface area contributed by atoms with E-state index in [1.54, 1.807) is 25.3 Å². The summed E-state index contributed by atoms with van der Waals surface area (Å²) in [7, 11) is -2.23. The number of rotatable bonds is 8. The molecule has 3 aromatic rings. The van der Waals surface area contributed by atoms with Gasteiger partial charge in [-0.2, -0.15) is 0 Å². The van der Waals surface area contributed by atoms with E-state index in [9.17, 15) is 13.2 Å². The number of nitrogens with one attached hydrogen (secondary N) is 1. The van der Waals surface area contributed by atoms with Crippen molar-refractivity contribution in [3.05, 3.63) is 83.4 Å². The normalized spacial score (nSPS) is 11.3. The predicted molar refractivity (Wildman–Crippen MR) is 124 cm³/mol. The predicted octanol–water partition coefficient (Wildman–Crippen LogP) is 4.30. The highest BCUT2D eigenvalue weighted by Crippen LogP contribution is 2.28. The summed E-state index contributed by atoms with van der Waals surface area (Å²) in [4.78, 5) is 12.7. The standard InChI is InChI=1S/C24H26N2O5S/c1-16(2)21-6-4-5-7-23(21)31-15-18-14-17(8-13-22(18)30-3)24(27)26-19-9-11-20(12-10-19)32(25,28)29/h4-14,16H,15H2,1-3H3,(H,26,27)(H2,25,28,29). The molecule has 1 amide bonds. The number of hydrogen-bond acceptors (Lipinski definition) is 5. The largest absolute Gasteiger partial charge is 0.496 e. The maximum atomic E-state index is 12.7. The van der Waals surface area contributed by atoms with E-state index in [2.05, 4.69) is 19.2 Å². The monoisotopic (exact) mass is 454 g/mol. The molecule has 7 nitrogen and oxygen atoms in total. The molecule has 168 valence electrons. The molecule has 0 saturated carbocycles.